The molecule has 1 aliphatic rings. The third-order valence-electron chi connectivity index (χ3n) is 4.98. The minimum atomic E-state index is -1.18. The van der Waals surface area contributed by atoms with E-state index < -0.39 is 17.1 Å². The molecule has 3 amide bonds. The third kappa shape index (κ3) is 5.09. The van der Waals surface area contributed by atoms with Crippen molar-refractivity contribution in [2.75, 3.05) is 10.2 Å². The molecular formula is C24H17IN2O5S. The average molecular weight is 572 g/mol. The first-order valence-electron chi connectivity index (χ1n) is 9.86. The summed E-state index contributed by atoms with van der Waals surface area (Å²) in [6.07, 6.45) is 0.111. The number of hydrogen-bond acceptors (Lipinski definition) is 5. The molecular weight excluding hydrogens is 555 g/mol. The van der Waals surface area contributed by atoms with Gasteiger partial charge >= 0.3 is 5.97 Å². The minimum absolute atomic E-state index is 0.0641. The summed E-state index contributed by atoms with van der Waals surface area (Å²) in [7, 11) is 0. The largest absolute Gasteiger partial charge is 0.478 e. The lowest BCUT2D eigenvalue weighted by Gasteiger charge is -2.15. The van der Waals surface area contributed by atoms with Gasteiger partial charge in [0.25, 0.3) is 5.91 Å². The van der Waals surface area contributed by atoms with Crippen LogP contribution in [0.3, 0.4) is 0 Å². The van der Waals surface area contributed by atoms with Crippen LogP contribution in [-0.4, -0.2) is 34.0 Å². The number of carbonyl (C=O) groups is 4. The van der Waals surface area contributed by atoms with E-state index in [2.05, 4.69) is 27.9 Å². The van der Waals surface area contributed by atoms with Gasteiger partial charge in [0.2, 0.25) is 11.8 Å². The number of anilines is 2. The number of hydrogen-bond donors (Lipinski definition) is 2. The van der Waals surface area contributed by atoms with Gasteiger partial charge in [-0.3, -0.25) is 14.4 Å². The molecule has 0 bridgehead atoms. The number of amides is 3. The number of nitrogens with zero attached hydrogens (tertiary/aromatic N) is 1. The van der Waals surface area contributed by atoms with E-state index in [4.69, 9.17) is 0 Å². The van der Waals surface area contributed by atoms with Gasteiger partial charge in [-0.2, -0.15) is 0 Å². The second-order valence-corrected chi connectivity index (χ2v) is 9.71. The molecule has 33 heavy (non-hydrogen) atoms. The van der Waals surface area contributed by atoms with Gasteiger partial charge in [-0.1, -0.05) is 12.1 Å². The Morgan fingerprint density at radius 2 is 1.58 bits per heavy atom. The van der Waals surface area contributed by atoms with Gasteiger partial charge in [0.05, 0.1) is 22.1 Å². The summed E-state index contributed by atoms with van der Waals surface area (Å²) in [6, 6.07) is 20.0. The van der Waals surface area contributed by atoms with Crippen LogP contribution >= 0.6 is 34.4 Å². The molecule has 9 heteroatoms. The molecule has 7 nitrogen and oxygen atoms in total. The van der Waals surface area contributed by atoms with Gasteiger partial charge in [0.15, 0.2) is 0 Å². The van der Waals surface area contributed by atoms with E-state index in [1.165, 1.54) is 28.8 Å². The van der Waals surface area contributed by atoms with Crippen molar-refractivity contribution in [1.29, 1.82) is 0 Å². The molecule has 4 rings (SSSR count). The monoisotopic (exact) mass is 572 g/mol. The molecule has 0 radical (unpaired) electrons. The van der Waals surface area contributed by atoms with Crippen molar-refractivity contribution in [3.05, 3.63) is 87.5 Å². The Hall–Kier alpha value is -3.18. The number of aromatic carboxylic acids is 1. The van der Waals surface area contributed by atoms with Gasteiger partial charge < -0.3 is 10.4 Å². The lowest BCUT2D eigenvalue weighted by molar-refractivity contribution is -0.121. The molecule has 1 saturated heterocycles. The summed E-state index contributed by atoms with van der Waals surface area (Å²) in [6.45, 7) is 0. The van der Waals surface area contributed by atoms with E-state index in [0.29, 0.717) is 11.4 Å². The van der Waals surface area contributed by atoms with Crippen molar-refractivity contribution >= 4 is 69.4 Å². The predicted molar refractivity (Wildman–Crippen MR) is 134 cm³/mol. The zero-order chi connectivity index (χ0) is 23.5. The second kappa shape index (κ2) is 9.75. The van der Waals surface area contributed by atoms with Crippen LogP contribution in [0.4, 0.5) is 11.4 Å². The number of nitrogens with one attached hydrogen (secondary N) is 1. The second-order valence-electron chi connectivity index (χ2n) is 7.18. The van der Waals surface area contributed by atoms with Gasteiger partial charge in [0, 0.05) is 20.6 Å². The minimum Gasteiger partial charge on any atom is -0.478 e. The summed E-state index contributed by atoms with van der Waals surface area (Å²) in [4.78, 5) is 51.1. The highest BCUT2D eigenvalue weighted by Crippen LogP contribution is 2.34. The first-order chi connectivity index (χ1) is 15.8. The molecule has 3 aromatic rings. The highest BCUT2D eigenvalue weighted by Gasteiger charge is 2.40. The van der Waals surface area contributed by atoms with Crippen molar-refractivity contribution in [1.82, 2.24) is 0 Å². The van der Waals surface area contributed by atoms with Gasteiger partial charge in [-0.05, 0) is 83.3 Å². The lowest BCUT2D eigenvalue weighted by atomic mass is 10.1. The summed E-state index contributed by atoms with van der Waals surface area (Å²) < 4.78 is 1.01. The molecule has 1 aliphatic heterocycles. The zero-order valence-electron chi connectivity index (χ0n) is 17.0. The Morgan fingerprint density at radius 3 is 2.21 bits per heavy atom. The van der Waals surface area contributed by atoms with E-state index in [0.717, 1.165) is 8.47 Å². The molecule has 1 fully saturated rings. The molecule has 0 saturated carbocycles. The van der Waals surface area contributed by atoms with E-state index in [1.54, 1.807) is 48.5 Å². The number of halogens is 1. The van der Waals surface area contributed by atoms with Crippen molar-refractivity contribution in [2.45, 2.75) is 16.6 Å². The number of benzene rings is 3. The van der Waals surface area contributed by atoms with Crippen LogP contribution in [0.2, 0.25) is 0 Å². The van der Waals surface area contributed by atoms with Crippen LogP contribution in [0.25, 0.3) is 0 Å². The van der Waals surface area contributed by atoms with Crippen LogP contribution in [0.1, 0.15) is 27.1 Å². The van der Waals surface area contributed by atoms with Gasteiger partial charge in [-0.25, -0.2) is 9.69 Å². The highest BCUT2D eigenvalue weighted by molar-refractivity contribution is 14.1. The highest BCUT2D eigenvalue weighted by atomic mass is 127. The maximum Gasteiger partial charge on any atom is 0.336 e. The van der Waals surface area contributed by atoms with Crippen molar-refractivity contribution < 1.29 is 24.3 Å². The fourth-order valence-electron chi connectivity index (χ4n) is 3.40. The number of imide groups is 1. The molecule has 3 aromatic carbocycles. The number of rotatable bonds is 6. The van der Waals surface area contributed by atoms with Crippen LogP contribution in [0.5, 0.6) is 0 Å². The molecule has 1 atom stereocenters. The van der Waals surface area contributed by atoms with Crippen LogP contribution in [-0.2, 0) is 9.59 Å². The van der Waals surface area contributed by atoms with Crippen LogP contribution in [0, 0.1) is 3.57 Å². The molecule has 2 N–H and O–H groups in total. The number of carboxylic acid groups (broad SMARTS) is 1. The Bertz CT molecular complexity index is 1240. The molecule has 1 heterocycles. The predicted octanol–water partition coefficient (Wildman–Crippen LogP) is 4.67. The molecule has 0 aliphatic carbocycles. The van der Waals surface area contributed by atoms with Crippen LogP contribution in [0.15, 0.2) is 77.7 Å². The number of carboxylic acids is 1. The number of carbonyl (C=O) groups excluding carboxylic acids is 3. The van der Waals surface area contributed by atoms with Crippen molar-refractivity contribution in [3.63, 3.8) is 0 Å². The van der Waals surface area contributed by atoms with Gasteiger partial charge in [-0.15, -0.1) is 11.8 Å². The van der Waals surface area contributed by atoms with E-state index in [1.807, 2.05) is 12.1 Å². The average Bonchev–Trinajstić information content (AvgIpc) is 3.08. The Labute approximate surface area is 207 Å². The van der Waals surface area contributed by atoms with E-state index in [-0.39, 0.29) is 29.4 Å². The third-order valence-corrected chi connectivity index (χ3v) is 6.90. The molecule has 0 spiro atoms. The Kier molecular flexibility index (Phi) is 6.80. The Morgan fingerprint density at radius 1 is 0.939 bits per heavy atom. The van der Waals surface area contributed by atoms with Crippen molar-refractivity contribution in [2.24, 2.45) is 0 Å². The normalized spacial score (nSPS) is 15.5. The summed E-state index contributed by atoms with van der Waals surface area (Å²) >= 11 is 3.45. The van der Waals surface area contributed by atoms with E-state index >= 15 is 0 Å². The first-order valence-corrected chi connectivity index (χ1v) is 11.8. The van der Waals surface area contributed by atoms with E-state index in [9.17, 15) is 24.3 Å². The standard InChI is InChI=1S/C24H17IN2O5S/c25-14-5-9-16(10-6-14)27-21(28)13-20(23(27)30)33-17-11-7-15(8-12-17)26-22(29)18-3-1-2-4-19(18)24(31)32/h1-12,20H,13H2,(H,26,29)(H,31,32). The van der Waals surface area contributed by atoms with Crippen LogP contribution < -0.4 is 10.2 Å². The number of thioether (sulfide) groups is 1. The zero-order valence-corrected chi connectivity index (χ0v) is 20.0. The topological polar surface area (TPSA) is 104 Å². The van der Waals surface area contributed by atoms with Gasteiger partial charge in [0.1, 0.15) is 0 Å². The maximum atomic E-state index is 12.8. The quantitative estimate of drug-likeness (QED) is 0.329. The summed E-state index contributed by atoms with van der Waals surface area (Å²) in [5, 5.41) is 11.4. The molecule has 0 aromatic heterocycles. The fraction of sp³-hybridized carbons (Fsp3) is 0.0833. The fourth-order valence-corrected chi connectivity index (χ4v) is 4.82. The Balaban J connectivity index is 1.42. The first kappa shape index (κ1) is 23.0. The lowest BCUT2D eigenvalue weighted by Crippen LogP contribution is -2.31. The molecule has 166 valence electrons. The summed E-state index contributed by atoms with van der Waals surface area (Å²) in [5.41, 5.74) is 1.03. The van der Waals surface area contributed by atoms with Crippen molar-refractivity contribution in [3.8, 4) is 0 Å². The maximum absolute atomic E-state index is 12.8. The summed E-state index contributed by atoms with van der Waals surface area (Å²) in [5.74, 6) is -2.20. The molecule has 1 unspecified atom stereocenters. The smallest absolute Gasteiger partial charge is 0.336 e. The SMILES string of the molecule is O=C(O)c1ccccc1C(=O)Nc1ccc(SC2CC(=O)N(c3ccc(I)cc3)C2=O)cc1.